The Bertz CT molecular complexity index is 334. The molecule has 1 atom stereocenters. The Kier molecular flexibility index (Phi) is 19.4. The summed E-state index contributed by atoms with van der Waals surface area (Å²) in [5, 5.41) is 0. The van der Waals surface area contributed by atoms with Gasteiger partial charge in [-0.2, -0.15) is 0 Å². The first kappa shape index (κ1) is 27.1. The number of nitrogens with zero attached hydrogens (tertiary/aromatic N) is 1. The van der Waals surface area contributed by atoms with Crippen molar-refractivity contribution in [2.45, 2.75) is 116 Å². The largest absolute Gasteiger partial charge is 0.772 e. The van der Waals surface area contributed by atoms with Crippen molar-refractivity contribution in [3.05, 3.63) is 0 Å². The van der Waals surface area contributed by atoms with Crippen molar-refractivity contribution in [1.82, 2.24) is 0 Å². The zero-order chi connectivity index (χ0) is 20.2. The van der Waals surface area contributed by atoms with Gasteiger partial charge in [-0.25, -0.2) is 0 Å². The first-order chi connectivity index (χ1) is 13.0. The van der Waals surface area contributed by atoms with Crippen LogP contribution in [-0.2, 0) is 11.1 Å². The van der Waals surface area contributed by atoms with Crippen molar-refractivity contribution in [2.75, 3.05) is 32.9 Å². The summed E-state index contributed by atoms with van der Waals surface area (Å²) in [5.41, 5.74) is 0. The maximum atomic E-state index is 10.6. The molecule has 0 aliphatic carbocycles. The second-order valence-electron chi connectivity index (χ2n) is 9.05. The Balaban J connectivity index is 3.23. The van der Waals surface area contributed by atoms with Gasteiger partial charge in [-0.1, -0.05) is 108 Å². The molecule has 0 bridgehead atoms. The second-order valence-corrected chi connectivity index (χ2v) is 10.1. The fourth-order valence-electron chi connectivity index (χ4n) is 3.81. The third-order valence-corrected chi connectivity index (χ3v) is 6.31. The van der Waals surface area contributed by atoms with Crippen LogP contribution < -0.4 is 0 Å². The summed E-state index contributed by atoms with van der Waals surface area (Å²) < 4.78 is 22.1. The van der Waals surface area contributed by atoms with Crippen LogP contribution in [0.3, 0.4) is 0 Å². The third-order valence-electron chi connectivity index (χ3n) is 5.69. The van der Waals surface area contributed by atoms with E-state index in [1.807, 2.05) is 0 Å². The lowest BCUT2D eigenvalue weighted by molar-refractivity contribution is -0.890. The Morgan fingerprint density at radius 3 is 1.30 bits per heavy atom. The van der Waals surface area contributed by atoms with Crippen molar-refractivity contribution >= 4 is 11.1 Å². The predicted octanol–water partition coefficient (Wildman–Crippen LogP) is 6.59. The molecule has 0 aliphatic heterocycles. The highest BCUT2D eigenvalue weighted by atomic mass is 32.2. The minimum Gasteiger partial charge on any atom is -0.772 e. The first-order valence-corrected chi connectivity index (χ1v) is 13.1. The van der Waals surface area contributed by atoms with E-state index in [-0.39, 0.29) is 0 Å². The van der Waals surface area contributed by atoms with Gasteiger partial charge < -0.3 is 9.04 Å². The molecule has 164 valence electrons. The van der Waals surface area contributed by atoms with Gasteiger partial charge in [-0.15, -0.1) is 0 Å². The van der Waals surface area contributed by atoms with E-state index in [1.165, 1.54) is 109 Å². The molecule has 27 heavy (non-hydrogen) atoms. The van der Waals surface area contributed by atoms with Gasteiger partial charge in [0.15, 0.2) is 0 Å². The molecule has 0 spiro atoms. The number of rotatable bonds is 21. The number of unbranched alkanes of at least 4 members (excludes halogenated alkanes) is 15. The maximum absolute atomic E-state index is 10.6. The quantitative estimate of drug-likeness (QED) is 0.123. The van der Waals surface area contributed by atoms with E-state index in [4.69, 9.17) is 0 Å². The van der Waals surface area contributed by atoms with E-state index in [2.05, 4.69) is 21.0 Å². The fourth-order valence-corrected chi connectivity index (χ4v) is 4.17. The normalized spacial score (nSPS) is 13.2. The van der Waals surface area contributed by atoms with Crippen molar-refractivity contribution in [3.63, 3.8) is 0 Å². The highest BCUT2D eigenvalue weighted by Gasteiger charge is 2.13. The summed E-state index contributed by atoms with van der Waals surface area (Å²) in [5.74, 6) is 0.306. The molecular formula is C23H49NO2S. The summed E-state index contributed by atoms with van der Waals surface area (Å²) in [6, 6.07) is 0. The zero-order valence-corrected chi connectivity index (χ0v) is 19.6. The Labute approximate surface area is 173 Å². The number of hydrogen-bond acceptors (Lipinski definition) is 2. The Hall–Kier alpha value is 0.0700. The van der Waals surface area contributed by atoms with Crippen molar-refractivity contribution in [2.24, 2.45) is 0 Å². The molecule has 0 rings (SSSR count). The summed E-state index contributed by atoms with van der Waals surface area (Å²) in [6.45, 7) is 4.42. The predicted molar refractivity (Wildman–Crippen MR) is 120 cm³/mol. The van der Waals surface area contributed by atoms with Gasteiger partial charge in [0.25, 0.3) is 0 Å². The Morgan fingerprint density at radius 1 is 0.593 bits per heavy atom. The molecule has 0 saturated heterocycles. The third kappa shape index (κ3) is 22.2. The van der Waals surface area contributed by atoms with Gasteiger partial charge in [0.1, 0.15) is 0 Å². The number of hydrogen-bond donors (Lipinski definition) is 0. The molecule has 0 N–H and O–H groups in total. The lowest BCUT2D eigenvalue weighted by atomic mass is 10.0. The van der Waals surface area contributed by atoms with Gasteiger partial charge in [0, 0.05) is 12.2 Å². The summed E-state index contributed by atoms with van der Waals surface area (Å²) in [7, 11) is 4.44. The van der Waals surface area contributed by atoms with Crippen LogP contribution in [0.5, 0.6) is 0 Å². The summed E-state index contributed by atoms with van der Waals surface area (Å²) in [4.78, 5) is 0. The molecule has 0 aromatic heterocycles. The highest BCUT2D eigenvalue weighted by Crippen LogP contribution is 2.14. The van der Waals surface area contributed by atoms with Crippen molar-refractivity contribution in [3.8, 4) is 0 Å². The average Bonchev–Trinajstić information content (AvgIpc) is 2.60. The minimum absolute atomic E-state index is 0.306. The molecular weight excluding hydrogens is 354 g/mol. The molecule has 3 nitrogen and oxygen atoms in total. The standard InChI is InChI=1S/C23H49NO2S/c1-4-5-6-7-8-9-10-11-12-13-14-15-16-17-18-19-21-24(2,3)22-20-23-27(25)26/h4-23H2,1-3H3. The van der Waals surface area contributed by atoms with Crippen LogP contribution in [0.15, 0.2) is 0 Å². The maximum Gasteiger partial charge on any atom is 0.0790 e. The van der Waals surface area contributed by atoms with Crippen LogP contribution in [0.4, 0.5) is 0 Å². The average molecular weight is 404 g/mol. The van der Waals surface area contributed by atoms with E-state index >= 15 is 0 Å². The zero-order valence-electron chi connectivity index (χ0n) is 18.8. The van der Waals surface area contributed by atoms with Gasteiger partial charge in [0.05, 0.1) is 27.2 Å². The van der Waals surface area contributed by atoms with Gasteiger partial charge in [0.2, 0.25) is 0 Å². The molecule has 0 fully saturated rings. The summed E-state index contributed by atoms with van der Waals surface area (Å²) >= 11 is -1.88. The smallest absolute Gasteiger partial charge is 0.0790 e. The van der Waals surface area contributed by atoms with E-state index in [0.29, 0.717) is 5.75 Å². The van der Waals surface area contributed by atoms with Crippen LogP contribution in [0.25, 0.3) is 0 Å². The topological polar surface area (TPSA) is 40.1 Å². The van der Waals surface area contributed by atoms with Crippen LogP contribution in [0, 0.1) is 0 Å². The van der Waals surface area contributed by atoms with Gasteiger partial charge in [-0.3, -0.25) is 4.21 Å². The van der Waals surface area contributed by atoms with Crippen molar-refractivity contribution < 1.29 is 13.2 Å². The molecule has 0 amide bonds. The highest BCUT2D eigenvalue weighted by molar-refractivity contribution is 7.79. The van der Waals surface area contributed by atoms with Gasteiger partial charge in [-0.05, 0) is 12.8 Å². The van der Waals surface area contributed by atoms with Crippen molar-refractivity contribution in [1.29, 1.82) is 0 Å². The van der Waals surface area contributed by atoms with E-state index in [0.717, 1.165) is 17.4 Å². The molecule has 0 aliphatic rings. The van der Waals surface area contributed by atoms with Crippen LogP contribution in [0.2, 0.25) is 0 Å². The molecule has 0 radical (unpaired) electrons. The molecule has 0 aromatic carbocycles. The van der Waals surface area contributed by atoms with E-state index in [9.17, 15) is 8.76 Å². The lowest BCUT2D eigenvalue weighted by Crippen LogP contribution is -2.41. The summed E-state index contributed by atoms with van der Waals surface area (Å²) in [6.07, 6.45) is 23.3. The molecule has 4 heteroatoms. The Morgan fingerprint density at radius 2 is 0.926 bits per heavy atom. The number of quaternary nitrogens is 1. The molecule has 1 unspecified atom stereocenters. The lowest BCUT2D eigenvalue weighted by Gasteiger charge is -2.30. The van der Waals surface area contributed by atoms with E-state index < -0.39 is 11.1 Å². The van der Waals surface area contributed by atoms with Gasteiger partial charge >= 0.3 is 0 Å². The second kappa shape index (κ2) is 19.4. The van der Waals surface area contributed by atoms with E-state index in [1.54, 1.807) is 0 Å². The first-order valence-electron chi connectivity index (χ1n) is 11.9. The molecule has 0 heterocycles. The fraction of sp³-hybridized carbons (Fsp3) is 1.00. The monoisotopic (exact) mass is 403 g/mol. The minimum atomic E-state index is -1.88. The van der Waals surface area contributed by atoms with Crippen LogP contribution in [-0.4, -0.2) is 46.2 Å². The SMILES string of the molecule is CCCCCCCCCCCCCCCCCC[N+](C)(C)CCCS(=O)[O-]. The van der Waals surface area contributed by atoms with Crippen LogP contribution >= 0.6 is 0 Å². The molecule has 0 saturated carbocycles. The van der Waals surface area contributed by atoms with Crippen LogP contribution in [0.1, 0.15) is 116 Å². The molecule has 0 aromatic rings.